The summed E-state index contributed by atoms with van der Waals surface area (Å²) in [5.74, 6) is 0.319. The average molecular weight is 395 g/mol. The first-order valence-electron chi connectivity index (χ1n) is 9.04. The first-order chi connectivity index (χ1) is 13.6. The van der Waals surface area contributed by atoms with Crippen molar-refractivity contribution in [1.29, 1.82) is 0 Å². The van der Waals surface area contributed by atoms with Gasteiger partial charge in [-0.3, -0.25) is 4.79 Å². The maximum atomic E-state index is 13.3. The monoisotopic (exact) mass is 394 g/mol. The van der Waals surface area contributed by atoms with E-state index in [1.807, 2.05) is 24.3 Å². The summed E-state index contributed by atoms with van der Waals surface area (Å²) < 4.78 is 15.0. The molecular weight excluding hydrogens is 379 g/mol. The highest BCUT2D eigenvalue weighted by atomic mass is 35.5. The highest BCUT2D eigenvalue weighted by Crippen LogP contribution is 2.44. The van der Waals surface area contributed by atoms with Gasteiger partial charge in [-0.25, -0.2) is 9.07 Å². The van der Waals surface area contributed by atoms with E-state index in [0.29, 0.717) is 29.4 Å². The van der Waals surface area contributed by atoms with E-state index < -0.39 is 6.04 Å². The largest absolute Gasteiger partial charge is 0.328 e. The molecule has 0 saturated carbocycles. The second-order valence-electron chi connectivity index (χ2n) is 7.05. The number of carbonyl (C=O) groups excluding carboxylic acids is 1. The van der Waals surface area contributed by atoms with Crippen molar-refractivity contribution >= 4 is 23.3 Å². The number of nitrogens with zero attached hydrogens (tertiary/aromatic N) is 3. The molecule has 1 aliphatic carbocycles. The fourth-order valence-electron chi connectivity index (χ4n) is 4.11. The van der Waals surface area contributed by atoms with Crippen molar-refractivity contribution in [2.24, 2.45) is 0 Å². The molecule has 7 heteroatoms. The van der Waals surface area contributed by atoms with Gasteiger partial charge in [0.25, 0.3) is 0 Å². The molecule has 2 aliphatic rings. The van der Waals surface area contributed by atoms with Crippen LogP contribution in [0.4, 0.5) is 10.3 Å². The summed E-state index contributed by atoms with van der Waals surface area (Å²) in [6, 6.07) is 13.4. The van der Waals surface area contributed by atoms with Crippen LogP contribution in [0.1, 0.15) is 35.9 Å². The zero-order chi connectivity index (χ0) is 19.3. The van der Waals surface area contributed by atoms with Gasteiger partial charge in [-0.15, -0.1) is 0 Å². The number of hydrogen-bond donors (Lipinski definition) is 1. The number of Topliss-reactive ketones (excluding diaryl/α,β-unsaturated/α-hetero) is 1. The lowest BCUT2D eigenvalue weighted by Crippen LogP contribution is -2.33. The van der Waals surface area contributed by atoms with Crippen LogP contribution >= 0.6 is 11.6 Å². The maximum Gasteiger partial charge on any atom is 0.226 e. The molecule has 0 saturated heterocycles. The van der Waals surface area contributed by atoms with E-state index in [-0.39, 0.29) is 17.5 Å². The Labute approximate surface area is 165 Å². The van der Waals surface area contributed by atoms with E-state index in [2.05, 4.69) is 15.4 Å². The van der Waals surface area contributed by atoms with Crippen molar-refractivity contribution in [2.75, 3.05) is 5.32 Å². The lowest BCUT2D eigenvalue weighted by atomic mass is 9.78. The number of fused-ring (bicyclic) bond motifs is 1. The van der Waals surface area contributed by atoms with Crippen molar-refractivity contribution in [2.45, 2.75) is 24.8 Å². The first-order valence-corrected chi connectivity index (χ1v) is 9.42. The summed E-state index contributed by atoms with van der Waals surface area (Å²) in [7, 11) is 0. The molecule has 0 radical (unpaired) electrons. The molecule has 2 unspecified atom stereocenters. The van der Waals surface area contributed by atoms with Gasteiger partial charge in [0, 0.05) is 28.3 Å². The van der Waals surface area contributed by atoms with E-state index in [9.17, 15) is 9.18 Å². The van der Waals surface area contributed by atoms with Crippen LogP contribution in [-0.4, -0.2) is 20.5 Å². The van der Waals surface area contributed by atoms with Gasteiger partial charge in [0.05, 0.1) is 0 Å². The third kappa shape index (κ3) is 2.72. The van der Waals surface area contributed by atoms with Crippen LogP contribution in [0.2, 0.25) is 5.02 Å². The maximum absolute atomic E-state index is 13.3. The Morgan fingerprint density at radius 3 is 2.68 bits per heavy atom. The Hall–Kier alpha value is -2.99. The number of carbonyl (C=O) groups is 1. The third-order valence-corrected chi connectivity index (χ3v) is 5.75. The van der Waals surface area contributed by atoms with E-state index in [1.165, 1.54) is 18.5 Å². The number of rotatable bonds is 2. The number of ketones is 1. The summed E-state index contributed by atoms with van der Waals surface area (Å²) >= 11 is 6.46. The summed E-state index contributed by atoms with van der Waals surface area (Å²) in [5, 5.41) is 8.17. The molecule has 5 nitrogen and oxygen atoms in total. The van der Waals surface area contributed by atoms with E-state index in [0.717, 1.165) is 16.8 Å². The molecular formula is C21H16ClFN4O. The number of anilines is 1. The smallest absolute Gasteiger partial charge is 0.226 e. The number of aromatic nitrogens is 3. The van der Waals surface area contributed by atoms with Crippen molar-refractivity contribution < 1.29 is 9.18 Å². The van der Waals surface area contributed by atoms with E-state index in [4.69, 9.17) is 11.6 Å². The van der Waals surface area contributed by atoms with Crippen LogP contribution < -0.4 is 5.32 Å². The molecule has 5 rings (SSSR count). The van der Waals surface area contributed by atoms with Gasteiger partial charge in [0.2, 0.25) is 5.95 Å². The van der Waals surface area contributed by atoms with Crippen molar-refractivity contribution in [3.05, 3.63) is 88.1 Å². The van der Waals surface area contributed by atoms with Gasteiger partial charge in [-0.05, 0) is 36.1 Å². The van der Waals surface area contributed by atoms with Crippen molar-refractivity contribution in [3.8, 4) is 0 Å². The summed E-state index contributed by atoms with van der Waals surface area (Å²) in [4.78, 5) is 17.5. The topological polar surface area (TPSA) is 59.8 Å². The quantitative estimate of drug-likeness (QED) is 0.695. The Bertz CT molecular complexity index is 1110. The van der Waals surface area contributed by atoms with Gasteiger partial charge in [0.1, 0.15) is 18.2 Å². The van der Waals surface area contributed by atoms with Crippen LogP contribution in [0.15, 0.2) is 66.1 Å². The minimum Gasteiger partial charge on any atom is -0.328 e. The number of hydrogen-bond acceptors (Lipinski definition) is 4. The number of halogens is 2. The lowest BCUT2D eigenvalue weighted by Gasteiger charge is -2.35. The number of allylic oxidation sites excluding steroid dienone is 2. The fourth-order valence-corrected chi connectivity index (χ4v) is 4.35. The second kappa shape index (κ2) is 6.56. The highest BCUT2D eigenvalue weighted by molar-refractivity contribution is 6.31. The molecule has 0 bridgehead atoms. The fraction of sp³-hybridized carbons (Fsp3) is 0.190. The van der Waals surface area contributed by atoms with Crippen LogP contribution in [0.3, 0.4) is 0 Å². The predicted octanol–water partition coefficient (Wildman–Crippen LogP) is 4.49. The molecule has 1 N–H and O–H groups in total. The SMILES string of the molecule is O=C1CC(c2ccc(F)cc2)CC2=C1C(c1ccccc1Cl)n1ncnc1N2. The zero-order valence-corrected chi connectivity index (χ0v) is 15.5. The minimum atomic E-state index is -0.413. The van der Waals surface area contributed by atoms with Gasteiger partial charge >= 0.3 is 0 Å². The zero-order valence-electron chi connectivity index (χ0n) is 14.8. The lowest BCUT2D eigenvalue weighted by molar-refractivity contribution is -0.116. The predicted molar refractivity (Wildman–Crippen MR) is 104 cm³/mol. The standard InChI is InChI=1S/C21H16ClFN4O/c22-16-4-2-1-3-15(16)20-19-17(26-21-24-11-25-27(20)21)9-13(10-18(19)28)12-5-7-14(23)8-6-12/h1-8,11,13,20H,9-10H2,(H,24,25,26). The first kappa shape index (κ1) is 17.1. The van der Waals surface area contributed by atoms with Crippen LogP contribution in [0.25, 0.3) is 0 Å². The van der Waals surface area contributed by atoms with Crippen LogP contribution in [0.5, 0.6) is 0 Å². The normalized spacial score (nSPS) is 21.1. The molecule has 2 aromatic carbocycles. The van der Waals surface area contributed by atoms with Crippen molar-refractivity contribution in [3.63, 3.8) is 0 Å². The average Bonchev–Trinajstić information content (AvgIpc) is 3.15. The number of benzene rings is 2. The van der Waals surface area contributed by atoms with E-state index in [1.54, 1.807) is 16.8 Å². The Kier molecular flexibility index (Phi) is 4.02. The molecule has 28 heavy (non-hydrogen) atoms. The molecule has 3 aromatic rings. The van der Waals surface area contributed by atoms with E-state index >= 15 is 0 Å². The molecule has 140 valence electrons. The molecule has 2 atom stereocenters. The molecule has 1 aromatic heterocycles. The molecule has 0 amide bonds. The van der Waals surface area contributed by atoms with Gasteiger partial charge in [-0.1, -0.05) is 41.9 Å². The third-order valence-electron chi connectivity index (χ3n) is 5.40. The molecule has 2 heterocycles. The van der Waals surface area contributed by atoms with Gasteiger partial charge < -0.3 is 5.32 Å². The minimum absolute atomic E-state index is 0.0132. The van der Waals surface area contributed by atoms with Crippen molar-refractivity contribution in [1.82, 2.24) is 14.8 Å². The summed E-state index contributed by atoms with van der Waals surface area (Å²) in [6.07, 6.45) is 2.46. The van der Waals surface area contributed by atoms with Gasteiger partial charge in [0.15, 0.2) is 5.78 Å². The summed E-state index contributed by atoms with van der Waals surface area (Å²) in [6.45, 7) is 0. The summed E-state index contributed by atoms with van der Waals surface area (Å²) in [5.41, 5.74) is 3.27. The Morgan fingerprint density at radius 1 is 1.11 bits per heavy atom. The molecule has 0 spiro atoms. The highest BCUT2D eigenvalue weighted by Gasteiger charge is 2.39. The number of nitrogens with one attached hydrogen (secondary N) is 1. The molecule has 1 aliphatic heterocycles. The molecule has 0 fully saturated rings. The van der Waals surface area contributed by atoms with Gasteiger partial charge in [-0.2, -0.15) is 10.1 Å². The second-order valence-corrected chi connectivity index (χ2v) is 7.46. The van der Waals surface area contributed by atoms with Crippen LogP contribution in [-0.2, 0) is 4.79 Å². The Morgan fingerprint density at radius 2 is 1.89 bits per heavy atom. The Balaban J connectivity index is 1.61. The van der Waals surface area contributed by atoms with Crippen LogP contribution in [0, 0.1) is 5.82 Å².